The third-order valence-corrected chi connectivity index (χ3v) is 2.07. The van der Waals surface area contributed by atoms with E-state index in [0.717, 1.165) is 0 Å². The standard InChI is InChI=1S/C9H3F8NO3/c10-2-1-3(18(19)20)4(11)5(12)6(2)21-8(14)7(13)9(15,16)17/h1,7-8H. The molecule has 4 nitrogen and oxygen atoms in total. The number of ether oxygens (including phenoxy) is 1. The summed E-state index contributed by atoms with van der Waals surface area (Å²) in [6.07, 6.45) is -13.9. The highest BCUT2D eigenvalue weighted by atomic mass is 19.4. The van der Waals surface area contributed by atoms with Crippen LogP contribution in [0.2, 0.25) is 0 Å². The van der Waals surface area contributed by atoms with Gasteiger partial charge in [-0.2, -0.15) is 26.3 Å². The summed E-state index contributed by atoms with van der Waals surface area (Å²) in [6, 6.07) is -0.249. The zero-order valence-corrected chi connectivity index (χ0v) is 9.43. The molecule has 1 aromatic rings. The average Bonchev–Trinajstić information content (AvgIpc) is 2.36. The van der Waals surface area contributed by atoms with Crippen LogP contribution in [0.3, 0.4) is 0 Å². The number of nitrogens with zero attached hydrogens (tertiary/aromatic N) is 1. The van der Waals surface area contributed by atoms with Gasteiger partial charge in [0.25, 0.3) is 12.5 Å². The average molecular weight is 325 g/mol. The van der Waals surface area contributed by atoms with E-state index >= 15 is 0 Å². The lowest BCUT2D eigenvalue weighted by molar-refractivity contribution is -0.388. The Kier molecular flexibility index (Phi) is 4.59. The Morgan fingerprint density at radius 2 is 1.67 bits per heavy atom. The van der Waals surface area contributed by atoms with Crippen LogP contribution in [0.25, 0.3) is 0 Å². The summed E-state index contributed by atoms with van der Waals surface area (Å²) in [5, 5.41) is 10.2. The molecule has 0 aromatic heterocycles. The summed E-state index contributed by atoms with van der Waals surface area (Å²) in [5.41, 5.74) is -1.69. The van der Waals surface area contributed by atoms with Crippen LogP contribution in [0, 0.1) is 27.6 Å². The van der Waals surface area contributed by atoms with Gasteiger partial charge in [0, 0.05) is 0 Å². The number of alkyl halides is 5. The van der Waals surface area contributed by atoms with E-state index in [-0.39, 0.29) is 6.07 Å². The Bertz CT molecular complexity index is 561. The van der Waals surface area contributed by atoms with Crippen molar-refractivity contribution in [3.63, 3.8) is 0 Å². The van der Waals surface area contributed by atoms with Crippen molar-refractivity contribution >= 4 is 5.69 Å². The van der Waals surface area contributed by atoms with E-state index in [1.54, 1.807) is 0 Å². The van der Waals surface area contributed by atoms with Crippen LogP contribution in [0.5, 0.6) is 5.75 Å². The van der Waals surface area contributed by atoms with E-state index in [1.807, 2.05) is 0 Å². The maximum atomic E-state index is 13.2. The minimum Gasteiger partial charge on any atom is -0.451 e. The molecule has 0 saturated carbocycles. The van der Waals surface area contributed by atoms with Crippen LogP contribution in [0.1, 0.15) is 0 Å². The molecule has 12 heteroatoms. The zero-order chi connectivity index (χ0) is 16.5. The van der Waals surface area contributed by atoms with Gasteiger partial charge in [0.2, 0.25) is 11.6 Å². The first-order valence-electron chi connectivity index (χ1n) is 4.80. The molecule has 0 heterocycles. The molecule has 2 unspecified atom stereocenters. The van der Waals surface area contributed by atoms with Gasteiger partial charge in [-0.05, 0) is 0 Å². The van der Waals surface area contributed by atoms with E-state index in [0.29, 0.717) is 0 Å². The van der Waals surface area contributed by atoms with Gasteiger partial charge < -0.3 is 4.74 Å². The molecule has 0 aliphatic heterocycles. The number of rotatable bonds is 4. The molecular formula is C9H3F8NO3. The number of benzene rings is 1. The largest absolute Gasteiger partial charge is 0.451 e. The molecule has 0 radical (unpaired) electrons. The Labute approximate surface area is 110 Å². The van der Waals surface area contributed by atoms with Gasteiger partial charge in [-0.15, -0.1) is 0 Å². The van der Waals surface area contributed by atoms with Crippen LogP contribution in [0.15, 0.2) is 6.07 Å². The van der Waals surface area contributed by atoms with Crippen LogP contribution >= 0.6 is 0 Å². The summed E-state index contributed by atoms with van der Waals surface area (Å²) >= 11 is 0. The normalized spacial score (nSPS) is 14.7. The molecule has 0 spiro atoms. The molecule has 0 bridgehead atoms. The topological polar surface area (TPSA) is 52.4 Å². The van der Waals surface area contributed by atoms with Crippen molar-refractivity contribution in [3.8, 4) is 5.75 Å². The first-order chi connectivity index (χ1) is 9.46. The van der Waals surface area contributed by atoms with E-state index < -0.39 is 52.5 Å². The highest BCUT2D eigenvalue weighted by Crippen LogP contribution is 2.34. The zero-order valence-electron chi connectivity index (χ0n) is 9.43. The Morgan fingerprint density at radius 1 is 1.14 bits per heavy atom. The third kappa shape index (κ3) is 3.49. The lowest BCUT2D eigenvalue weighted by atomic mass is 10.2. The summed E-state index contributed by atoms with van der Waals surface area (Å²) in [4.78, 5) is 8.67. The molecule has 1 rings (SSSR count). The number of hydrogen-bond donors (Lipinski definition) is 0. The van der Waals surface area contributed by atoms with Gasteiger partial charge >= 0.3 is 11.9 Å². The van der Waals surface area contributed by atoms with Gasteiger partial charge in [-0.25, -0.2) is 8.78 Å². The summed E-state index contributed by atoms with van der Waals surface area (Å²) < 4.78 is 104. The first-order valence-corrected chi connectivity index (χ1v) is 4.80. The van der Waals surface area contributed by atoms with Crippen molar-refractivity contribution in [2.75, 3.05) is 0 Å². The van der Waals surface area contributed by atoms with E-state index in [4.69, 9.17) is 0 Å². The maximum Gasteiger partial charge on any atom is 0.426 e. The second kappa shape index (κ2) is 5.69. The highest BCUT2D eigenvalue weighted by Gasteiger charge is 2.48. The predicted octanol–water partition coefficient (Wildman–Crippen LogP) is 3.59. The molecule has 0 aliphatic carbocycles. The maximum absolute atomic E-state index is 13.2. The fourth-order valence-corrected chi connectivity index (χ4v) is 1.13. The van der Waals surface area contributed by atoms with Crippen molar-refractivity contribution in [2.45, 2.75) is 18.7 Å². The molecule has 118 valence electrons. The molecule has 21 heavy (non-hydrogen) atoms. The van der Waals surface area contributed by atoms with E-state index in [2.05, 4.69) is 4.74 Å². The first kappa shape index (κ1) is 16.9. The van der Waals surface area contributed by atoms with E-state index in [9.17, 15) is 45.2 Å². The van der Waals surface area contributed by atoms with Gasteiger partial charge in [0.1, 0.15) is 0 Å². The smallest absolute Gasteiger partial charge is 0.426 e. The number of halogens is 8. The molecule has 2 atom stereocenters. The molecule has 0 saturated heterocycles. The van der Waals surface area contributed by atoms with Gasteiger partial charge in [0.05, 0.1) is 11.0 Å². The van der Waals surface area contributed by atoms with Crippen molar-refractivity contribution < 1.29 is 44.8 Å². The predicted molar refractivity (Wildman–Crippen MR) is 49.4 cm³/mol. The Balaban J connectivity index is 3.16. The van der Waals surface area contributed by atoms with Crippen LogP contribution in [0.4, 0.5) is 40.8 Å². The summed E-state index contributed by atoms with van der Waals surface area (Å²) in [5.74, 6) is -8.88. The molecule has 0 fully saturated rings. The van der Waals surface area contributed by atoms with E-state index in [1.165, 1.54) is 0 Å². The van der Waals surface area contributed by atoms with Crippen molar-refractivity contribution in [1.82, 2.24) is 0 Å². The lowest BCUT2D eigenvalue weighted by Gasteiger charge is -2.18. The van der Waals surface area contributed by atoms with Crippen molar-refractivity contribution in [1.29, 1.82) is 0 Å². The fraction of sp³-hybridized carbons (Fsp3) is 0.333. The Hall–Kier alpha value is -2.14. The second-order valence-corrected chi connectivity index (χ2v) is 3.50. The third-order valence-electron chi connectivity index (χ3n) is 2.07. The minimum atomic E-state index is -5.73. The number of nitro groups is 1. The summed E-state index contributed by atoms with van der Waals surface area (Å²) in [7, 11) is 0. The lowest BCUT2D eigenvalue weighted by Crippen LogP contribution is -2.37. The molecule has 0 N–H and O–H groups in total. The fourth-order valence-electron chi connectivity index (χ4n) is 1.13. The molecule has 1 aromatic carbocycles. The Morgan fingerprint density at radius 3 is 2.10 bits per heavy atom. The second-order valence-electron chi connectivity index (χ2n) is 3.50. The quantitative estimate of drug-likeness (QED) is 0.368. The minimum absolute atomic E-state index is 0.249. The van der Waals surface area contributed by atoms with Crippen molar-refractivity contribution in [2.24, 2.45) is 0 Å². The van der Waals surface area contributed by atoms with Gasteiger partial charge in [0.15, 0.2) is 11.6 Å². The van der Waals surface area contributed by atoms with Crippen LogP contribution in [-0.2, 0) is 0 Å². The van der Waals surface area contributed by atoms with Gasteiger partial charge in [-0.1, -0.05) is 0 Å². The van der Waals surface area contributed by atoms with Crippen LogP contribution < -0.4 is 4.74 Å². The monoisotopic (exact) mass is 325 g/mol. The van der Waals surface area contributed by atoms with Crippen molar-refractivity contribution in [3.05, 3.63) is 33.6 Å². The van der Waals surface area contributed by atoms with Crippen LogP contribution in [-0.4, -0.2) is 23.6 Å². The highest BCUT2D eigenvalue weighted by molar-refractivity contribution is 5.41. The SMILES string of the molecule is O=[N+]([O-])c1cc(F)c(OC(F)C(F)C(F)(F)F)c(F)c1F. The molecule has 0 amide bonds. The number of nitro benzene ring substituents is 1. The molecule has 0 aliphatic rings. The van der Waals surface area contributed by atoms with Gasteiger partial charge in [-0.3, -0.25) is 10.1 Å². The number of hydrogen-bond acceptors (Lipinski definition) is 3. The molecular weight excluding hydrogens is 322 g/mol. The summed E-state index contributed by atoms with van der Waals surface area (Å²) in [6.45, 7) is 0.